The maximum atomic E-state index is 10.8. The van der Waals surface area contributed by atoms with E-state index in [1.165, 1.54) is 6.92 Å². The summed E-state index contributed by atoms with van der Waals surface area (Å²) in [5.74, 6) is 0.0596. The molecule has 1 saturated heterocycles. The van der Waals surface area contributed by atoms with Crippen molar-refractivity contribution in [3.8, 4) is 0 Å². The highest BCUT2D eigenvalue weighted by Gasteiger charge is 2.30. The van der Waals surface area contributed by atoms with Gasteiger partial charge < -0.3 is 9.47 Å². The van der Waals surface area contributed by atoms with Crippen molar-refractivity contribution in [3.63, 3.8) is 0 Å². The second-order valence-electron chi connectivity index (χ2n) is 2.43. The summed E-state index contributed by atoms with van der Waals surface area (Å²) < 4.78 is 10.2. The van der Waals surface area contributed by atoms with Crippen LogP contribution < -0.4 is 0 Å². The molecule has 1 heterocycles. The number of Topliss-reactive ketones (excluding diaryl/α,β-unsaturated/α-hetero) is 1. The lowest BCUT2D eigenvalue weighted by atomic mass is 10.1. The van der Waals surface area contributed by atoms with Crippen LogP contribution in [0.5, 0.6) is 0 Å². The molecule has 0 aromatic carbocycles. The summed E-state index contributed by atoms with van der Waals surface area (Å²) in [6.07, 6.45) is 0.507. The zero-order valence-electron chi connectivity index (χ0n) is 6.29. The largest absolute Gasteiger partial charge is 0.349 e. The summed E-state index contributed by atoms with van der Waals surface area (Å²) in [5.41, 5.74) is 0. The number of rotatable bonds is 2. The molecule has 1 aliphatic rings. The number of hydrogen-bond acceptors (Lipinski definition) is 3. The van der Waals surface area contributed by atoms with E-state index in [9.17, 15) is 4.79 Å². The molecule has 1 aliphatic heterocycles. The van der Waals surface area contributed by atoms with Crippen molar-refractivity contribution in [1.29, 1.82) is 0 Å². The first-order chi connectivity index (χ1) is 4.75. The summed E-state index contributed by atoms with van der Waals surface area (Å²) in [5, 5.41) is 0. The summed E-state index contributed by atoms with van der Waals surface area (Å²) in [6.45, 7) is 3.78. The van der Waals surface area contributed by atoms with E-state index in [1.54, 1.807) is 0 Å². The third kappa shape index (κ3) is 1.36. The molecule has 3 heteroatoms. The molecule has 0 radical (unpaired) electrons. The molecule has 0 aromatic rings. The van der Waals surface area contributed by atoms with Crippen LogP contribution in [0.2, 0.25) is 0 Å². The van der Waals surface area contributed by atoms with Gasteiger partial charge in [0.25, 0.3) is 0 Å². The maximum Gasteiger partial charge on any atom is 0.161 e. The zero-order valence-corrected chi connectivity index (χ0v) is 6.29. The van der Waals surface area contributed by atoms with Crippen molar-refractivity contribution >= 4 is 5.78 Å². The van der Waals surface area contributed by atoms with Crippen molar-refractivity contribution < 1.29 is 14.3 Å². The molecule has 2 atom stereocenters. The van der Waals surface area contributed by atoms with Gasteiger partial charge in [0.05, 0.1) is 6.10 Å². The SMILES string of the molecule is CCC1OCOC1C(C)=O. The molecular formula is C7H12O3. The van der Waals surface area contributed by atoms with Gasteiger partial charge in [-0.25, -0.2) is 0 Å². The summed E-state index contributed by atoms with van der Waals surface area (Å²) in [6, 6.07) is 0. The molecule has 2 unspecified atom stereocenters. The van der Waals surface area contributed by atoms with Crippen molar-refractivity contribution in [1.82, 2.24) is 0 Å². The Balaban J connectivity index is 2.50. The van der Waals surface area contributed by atoms with Crippen LogP contribution in [0, 0.1) is 0 Å². The third-order valence-electron chi connectivity index (χ3n) is 1.67. The van der Waals surface area contributed by atoms with Gasteiger partial charge >= 0.3 is 0 Å². The molecule has 0 amide bonds. The van der Waals surface area contributed by atoms with Gasteiger partial charge in [-0.15, -0.1) is 0 Å². The van der Waals surface area contributed by atoms with Crippen LogP contribution in [-0.4, -0.2) is 24.8 Å². The van der Waals surface area contributed by atoms with Crippen LogP contribution in [0.4, 0.5) is 0 Å². The van der Waals surface area contributed by atoms with Gasteiger partial charge in [-0.3, -0.25) is 4.79 Å². The minimum absolute atomic E-state index is 0.0162. The predicted octanol–water partition coefficient (Wildman–Crippen LogP) is 0.727. The Morgan fingerprint density at radius 3 is 2.70 bits per heavy atom. The number of carbonyl (C=O) groups excluding carboxylic acids is 1. The van der Waals surface area contributed by atoms with Crippen molar-refractivity contribution in [2.24, 2.45) is 0 Å². The van der Waals surface area contributed by atoms with Gasteiger partial charge in [-0.05, 0) is 13.3 Å². The molecule has 0 aromatic heterocycles. The topological polar surface area (TPSA) is 35.5 Å². The number of hydrogen-bond donors (Lipinski definition) is 0. The van der Waals surface area contributed by atoms with E-state index in [2.05, 4.69) is 0 Å². The highest BCUT2D eigenvalue weighted by Crippen LogP contribution is 2.16. The molecule has 3 nitrogen and oxygen atoms in total. The highest BCUT2D eigenvalue weighted by molar-refractivity contribution is 5.81. The number of ether oxygens (including phenoxy) is 2. The summed E-state index contributed by atoms with van der Waals surface area (Å²) in [4.78, 5) is 10.8. The lowest BCUT2D eigenvalue weighted by Crippen LogP contribution is -2.28. The maximum absolute atomic E-state index is 10.8. The van der Waals surface area contributed by atoms with Gasteiger partial charge in [0, 0.05) is 0 Å². The van der Waals surface area contributed by atoms with Gasteiger partial charge in [0.1, 0.15) is 12.9 Å². The Kier molecular flexibility index (Phi) is 2.40. The average molecular weight is 144 g/mol. The minimum atomic E-state index is -0.315. The lowest BCUT2D eigenvalue weighted by molar-refractivity contribution is -0.126. The summed E-state index contributed by atoms with van der Waals surface area (Å²) >= 11 is 0. The molecule has 0 bridgehead atoms. The molecule has 0 spiro atoms. The molecule has 58 valence electrons. The number of carbonyl (C=O) groups is 1. The van der Waals surface area contributed by atoms with Crippen LogP contribution in [-0.2, 0) is 14.3 Å². The second kappa shape index (κ2) is 3.12. The Hall–Kier alpha value is -0.410. The first kappa shape index (κ1) is 7.69. The molecule has 0 aliphatic carbocycles. The van der Waals surface area contributed by atoms with Gasteiger partial charge in [0.2, 0.25) is 0 Å². The predicted molar refractivity (Wildman–Crippen MR) is 35.6 cm³/mol. The normalized spacial score (nSPS) is 32.6. The molecule has 0 saturated carbocycles. The summed E-state index contributed by atoms with van der Waals surface area (Å²) in [7, 11) is 0. The van der Waals surface area contributed by atoms with E-state index in [4.69, 9.17) is 9.47 Å². The van der Waals surface area contributed by atoms with Crippen molar-refractivity contribution in [3.05, 3.63) is 0 Å². The van der Waals surface area contributed by atoms with E-state index < -0.39 is 0 Å². The molecule has 10 heavy (non-hydrogen) atoms. The molecular weight excluding hydrogens is 132 g/mol. The molecule has 0 N–H and O–H groups in total. The monoisotopic (exact) mass is 144 g/mol. The highest BCUT2D eigenvalue weighted by atomic mass is 16.7. The minimum Gasteiger partial charge on any atom is -0.349 e. The Morgan fingerprint density at radius 2 is 2.30 bits per heavy atom. The van der Waals surface area contributed by atoms with Crippen LogP contribution in [0.1, 0.15) is 20.3 Å². The fourth-order valence-corrected chi connectivity index (χ4v) is 1.11. The van der Waals surface area contributed by atoms with Crippen LogP contribution in [0.15, 0.2) is 0 Å². The van der Waals surface area contributed by atoms with E-state index >= 15 is 0 Å². The lowest BCUT2D eigenvalue weighted by Gasteiger charge is -2.10. The van der Waals surface area contributed by atoms with Gasteiger partial charge in [-0.2, -0.15) is 0 Å². The Labute approximate surface area is 60.3 Å². The second-order valence-corrected chi connectivity index (χ2v) is 2.43. The van der Waals surface area contributed by atoms with E-state index in [0.717, 1.165) is 6.42 Å². The van der Waals surface area contributed by atoms with Gasteiger partial charge in [0.15, 0.2) is 5.78 Å². The van der Waals surface area contributed by atoms with Crippen molar-refractivity contribution in [2.75, 3.05) is 6.79 Å². The fourth-order valence-electron chi connectivity index (χ4n) is 1.11. The Morgan fingerprint density at radius 1 is 1.60 bits per heavy atom. The zero-order chi connectivity index (χ0) is 7.56. The molecule has 1 rings (SSSR count). The van der Waals surface area contributed by atoms with E-state index in [1.807, 2.05) is 6.92 Å². The molecule has 1 fully saturated rings. The number of ketones is 1. The Bertz CT molecular complexity index is 133. The van der Waals surface area contributed by atoms with Gasteiger partial charge in [-0.1, -0.05) is 6.92 Å². The van der Waals surface area contributed by atoms with E-state index in [0.29, 0.717) is 0 Å². The first-order valence-electron chi connectivity index (χ1n) is 3.49. The van der Waals surface area contributed by atoms with Crippen LogP contribution >= 0.6 is 0 Å². The third-order valence-corrected chi connectivity index (χ3v) is 1.67. The standard InChI is InChI=1S/C7H12O3/c1-3-6-7(5(2)8)10-4-9-6/h6-7H,3-4H2,1-2H3. The van der Waals surface area contributed by atoms with Crippen LogP contribution in [0.3, 0.4) is 0 Å². The van der Waals surface area contributed by atoms with Crippen LogP contribution in [0.25, 0.3) is 0 Å². The van der Waals surface area contributed by atoms with E-state index in [-0.39, 0.29) is 24.8 Å². The smallest absolute Gasteiger partial charge is 0.161 e. The van der Waals surface area contributed by atoms with Crippen molar-refractivity contribution in [2.45, 2.75) is 32.5 Å². The average Bonchev–Trinajstić information content (AvgIpc) is 2.33. The first-order valence-corrected chi connectivity index (χ1v) is 3.49. The fraction of sp³-hybridized carbons (Fsp3) is 0.857. The quantitative estimate of drug-likeness (QED) is 0.573.